The molecule has 2 atom stereocenters. The highest BCUT2D eigenvalue weighted by molar-refractivity contribution is 9.09. The molecule has 0 bridgehead atoms. The van der Waals surface area contributed by atoms with Gasteiger partial charge in [0, 0.05) is 11.0 Å². The fourth-order valence-corrected chi connectivity index (χ4v) is 2.72. The second-order valence-corrected chi connectivity index (χ2v) is 5.06. The predicted molar refractivity (Wildman–Crippen MR) is 60.1 cm³/mol. The second kappa shape index (κ2) is 4.30. The van der Waals surface area contributed by atoms with Gasteiger partial charge in [0.15, 0.2) is 0 Å². The zero-order valence-corrected chi connectivity index (χ0v) is 9.83. The van der Waals surface area contributed by atoms with Gasteiger partial charge in [-0.15, -0.1) is 0 Å². The molecule has 1 heterocycles. The van der Waals surface area contributed by atoms with Crippen LogP contribution in [-0.2, 0) is 0 Å². The number of rotatable bonds is 2. The number of ether oxygens (including phenoxy) is 1. The topological polar surface area (TPSA) is 22.1 Å². The molecule has 0 N–H and O–H groups in total. The van der Waals surface area contributed by atoms with Gasteiger partial charge in [-0.2, -0.15) is 0 Å². The summed E-state index contributed by atoms with van der Waals surface area (Å²) in [6.07, 6.45) is 7.45. The van der Waals surface area contributed by atoms with Gasteiger partial charge in [-0.25, -0.2) is 0 Å². The van der Waals surface area contributed by atoms with Crippen LogP contribution in [0.5, 0.6) is 5.75 Å². The zero-order chi connectivity index (χ0) is 9.97. The molecule has 2 unspecified atom stereocenters. The molecule has 2 rings (SSSR count). The molecule has 1 saturated carbocycles. The molecule has 0 aromatic carbocycles. The number of nitrogens with zero attached hydrogens (tertiary/aromatic N) is 1. The molecule has 0 radical (unpaired) electrons. The first-order chi connectivity index (χ1) is 6.79. The molecule has 0 aliphatic heterocycles. The average molecular weight is 256 g/mol. The largest absolute Gasteiger partial charge is 0.495 e. The van der Waals surface area contributed by atoms with E-state index in [0.29, 0.717) is 10.7 Å². The maximum Gasteiger partial charge on any atom is 0.137 e. The van der Waals surface area contributed by atoms with Gasteiger partial charge >= 0.3 is 0 Å². The highest BCUT2D eigenvalue weighted by Gasteiger charge is 2.24. The molecule has 1 aromatic heterocycles. The van der Waals surface area contributed by atoms with E-state index in [-0.39, 0.29) is 0 Å². The van der Waals surface area contributed by atoms with Crippen molar-refractivity contribution in [2.75, 3.05) is 7.11 Å². The van der Waals surface area contributed by atoms with Crippen molar-refractivity contribution in [2.24, 2.45) is 0 Å². The number of methoxy groups -OCH3 is 1. The third kappa shape index (κ3) is 2.08. The van der Waals surface area contributed by atoms with E-state index in [0.717, 1.165) is 5.75 Å². The Morgan fingerprint density at radius 1 is 1.43 bits per heavy atom. The molecule has 0 amide bonds. The first-order valence-electron chi connectivity index (χ1n) is 4.92. The molecule has 1 aliphatic carbocycles. The smallest absolute Gasteiger partial charge is 0.137 e. The van der Waals surface area contributed by atoms with Gasteiger partial charge in [0.2, 0.25) is 0 Å². The van der Waals surface area contributed by atoms with Gasteiger partial charge in [0.25, 0.3) is 0 Å². The van der Waals surface area contributed by atoms with Gasteiger partial charge in [0.1, 0.15) is 5.75 Å². The minimum Gasteiger partial charge on any atom is -0.495 e. The molecule has 0 saturated heterocycles. The van der Waals surface area contributed by atoms with Crippen molar-refractivity contribution >= 4 is 15.9 Å². The number of pyridine rings is 1. The lowest BCUT2D eigenvalue weighted by atomic mass is 10.00. The quantitative estimate of drug-likeness (QED) is 0.758. The fourth-order valence-electron chi connectivity index (χ4n) is 2.00. The van der Waals surface area contributed by atoms with Crippen LogP contribution < -0.4 is 4.74 Å². The number of alkyl halides is 1. The summed E-state index contributed by atoms with van der Waals surface area (Å²) < 4.78 is 5.17. The van der Waals surface area contributed by atoms with Crippen LogP contribution in [0.4, 0.5) is 0 Å². The third-order valence-corrected chi connectivity index (χ3v) is 3.64. The number of aromatic nitrogens is 1. The SMILES string of the molecule is COc1cncc(C2CCC(Br)C2)c1. The van der Waals surface area contributed by atoms with E-state index in [1.807, 2.05) is 6.20 Å². The van der Waals surface area contributed by atoms with E-state index in [9.17, 15) is 0 Å². The van der Waals surface area contributed by atoms with Crippen LogP contribution in [0.3, 0.4) is 0 Å². The lowest BCUT2D eigenvalue weighted by molar-refractivity contribution is 0.411. The average Bonchev–Trinajstić information content (AvgIpc) is 2.65. The second-order valence-electron chi connectivity index (χ2n) is 3.77. The Hall–Kier alpha value is -0.570. The first-order valence-corrected chi connectivity index (χ1v) is 5.84. The van der Waals surface area contributed by atoms with Crippen molar-refractivity contribution in [3.8, 4) is 5.75 Å². The Bertz CT molecular complexity index is 316. The van der Waals surface area contributed by atoms with Crippen molar-refractivity contribution in [3.63, 3.8) is 0 Å². The molecule has 3 heteroatoms. The molecule has 1 fully saturated rings. The van der Waals surface area contributed by atoms with Crippen LogP contribution in [0.25, 0.3) is 0 Å². The molecule has 76 valence electrons. The van der Waals surface area contributed by atoms with Gasteiger partial charge in [-0.05, 0) is 36.8 Å². The van der Waals surface area contributed by atoms with Crippen LogP contribution in [0, 0.1) is 0 Å². The highest BCUT2D eigenvalue weighted by Crippen LogP contribution is 2.38. The van der Waals surface area contributed by atoms with Crippen molar-refractivity contribution in [1.29, 1.82) is 0 Å². The summed E-state index contributed by atoms with van der Waals surface area (Å²) in [6, 6.07) is 2.10. The Balaban J connectivity index is 2.15. The Morgan fingerprint density at radius 2 is 2.29 bits per heavy atom. The van der Waals surface area contributed by atoms with E-state index in [4.69, 9.17) is 4.74 Å². The van der Waals surface area contributed by atoms with E-state index >= 15 is 0 Å². The van der Waals surface area contributed by atoms with E-state index < -0.39 is 0 Å². The van der Waals surface area contributed by atoms with E-state index in [2.05, 4.69) is 27.0 Å². The highest BCUT2D eigenvalue weighted by atomic mass is 79.9. The summed E-state index contributed by atoms with van der Waals surface area (Å²) in [5, 5.41) is 0. The molecular formula is C11H14BrNO. The molecule has 1 aromatic rings. The lowest BCUT2D eigenvalue weighted by Crippen LogP contribution is -1.96. The minimum atomic E-state index is 0.655. The monoisotopic (exact) mass is 255 g/mol. The van der Waals surface area contributed by atoms with Crippen LogP contribution in [-0.4, -0.2) is 16.9 Å². The van der Waals surface area contributed by atoms with Gasteiger partial charge < -0.3 is 4.74 Å². The standard InChI is InChI=1S/C11H14BrNO/c1-14-11-5-9(6-13-7-11)8-2-3-10(12)4-8/h5-8,10H,2-4H2,1H3. The molecule has 0 spiro atoms. The Kier molecular flexibility index (Phi) is 3.06. The number of hydrogen-bond acceptors (Lipinski definition) is 2. The fraction of sp³-hybridized carbons (Fsp3) is 0.545. The van der Waals surface area contributed by atoms with E-state index in [1.54, 1.807) is 13.3 Å². The maximum absolute atomic E-state index is 5.17. The normalized spacial score (nSPS) is 26.4. The van der Waals surface area contributed by atoms with Crippen LogP contribution in [0.2, 0.25) is 0 Å². The zero-order valence-electron chi connectivity index (χ0n) is 8.24. The van der Waals surface area contributed by atoms with Crippen LogP contribution in [0.15, 0.2) is 18.5 Å². The van der Waals surface area contributed by atoms with Crippen molar-refractivity contribution in [3.05, 3.63) is 24.0 Å². The van der Waals surface area contributed by atoms with Gasteiger partial charge in [-0.3, -0.25) is 4.98 Å². The summed E-state index contributed by atoms with van der Waals surface area (Å²) >= 11 is 3.66. The van der Waals surface area contributed by atoms with Crippen molar-refractivity contribution in [2.45, 2.75) is 30.0 Å². The maximum atomic E-state index is 5.17. The lowest BCUT2D eigenvalue weighted by Gasteiger charge is -2.10. The predicted octanol–water partition coefficient (Wildman–Crippen LogP) is 3.12. The van der Waals surface area contributed by atoms with Crippen LogP contribution in [0.1, 0.15) is 30.7 Å². The number of hydrogen-bond donors (Lipinski definition) is 0. The van der Waals surface area contributed by atoms with Gasteiger partial charge in [0.05, 0.1) is 13.3 Å². The summed E-state index contributed by atoms with van der Waals surface area (Å²) in [5.41, 5.74) is 1.31. The third-order valence-electron chi connectivity index (χ3n) is 2.81. The molecule has 1 aliphatic rings. The Morgan fingerprint density at radius 3 is 2.93 bits per heavy atom. The Labute approximate surface area is 92.8 Å². The number of halogens is 1. The summed E-state index contributed by atoms with van der Waals surface area (Å²) in [6.45, 7) is 0. The van der Waals surface area contributed by atoms with Gasteiger partial charge in [-0.1, -0.05) is 15.9 Å². The van der Waals surface area contributed by atoms with E-state index in [1.165, 1.54) is 24.8 Å². The summed E-state index contributed by atoms with van der Waals surface area (Å²) in [4.78, 5) is 4.86. The van der Waals surface area contributed by atoms with Crippen LogP contribution >= 0.6 is 15.9 Å². The van der Waals surface area contributed by atoms with Crippen molar-refractivity contribution < 1.29 is 4.74 Å². The molecule has 2 nitrogen and oxygen atoms in total. The molecule has 14 heavy (non-hydrogen) atoms. The summed E-state index contributed by atoms with van der Waals surface area (Å²) in [5.74, 6) is 1.52. The minimum absolute atomic E-state index is 0.655. The molecular weight excluding hydrogens is 242 g/mol. The first kappa shape index (κ1) is 9.97. The summed E-state index contributed by atoms with van der Waals surface area (Å²) in [7, 11) is 1.68. The van der Waals surface area contributed by atoms with Crippen molar-refractivity contribution in [1.82, 2.24) is 4.98 Å².